The van der Waals surface area contributed by atoms with Crippen molar-refractivity contribution in [2.75, 3.05) is 0 Å². The number of hydroxylamine groups is 1. The van der Waals surface area contributed by atoms with Gasteiger partial charge in [-0.25, -0.2) is 5.48 Å². The van der Waals surface area contributed by atoms with Crippen LogP contribution < -0.4 is 16.5 Å². The third-order valence-corrected chi connectivity index (χ3v) is 3.37. The first-order valence-corrected chi connectivity index (χ1v) is 7.01. The molecule has 24 heavy (non-hydrogen) atoms. The van der Waals surface area contributed by atoms with Gasteiger partial charge in [-0.3, -0.25) is 14.8 Å². The van der Waals surface area contributed by atoms with Gasteiger partial charge in [0.2, 0.25) is 0 Å². The Balaban J connectivity index is 2.15. The lowest BCUT2D eigenvalue weighted by Gasteiger charge is -2.16. The zero-order chi connectivity index (χ0) is 17.7. The summed E-state index contributed by atoms with van der Waals surface area (Å²) in [5.74, 6) is -1.24. The molecule has 7 nitrogen and oxygen atoms in total. The maximum atomic E-state index is 12.2. The Kier molecular flexibility index (Phi) is 5.18. The first-order valence-electron chi connectivity index (χ1n) is 7.01. The predicted molar refractivity (Wildman–Crippen MR) is 88.1 cm³/mol. The summed E-state index contributed by atoms with van der Waals surface area (Å²) in [5.41, 5.74) is 8.83. The van der Waals surface area contributed by atoms with Gasteiger partial charge in [0.15, 0.2) is 0 Å². The van der Waals surface area contributed by atoms with E-state index in [1.165, 1.54) is 5.48 Å². The second-order valence-electron chi connectivity index (χ2n) is 5.08. The van der Waals surface area contributed by atoms with Crippen LogP contribution in [0.3, 0.4) is 0 Å². The fraction of sp³-hybridized carbons (Fsp3) is 0.0588. The van der Waals surface area contributed by atoms with Crippen LogP contribution in [-0.2, 0) is 4.79 Å². The number of hydrogen-bond acceptors (Lipinski definition) is 5. The van der Waals surface area contributed by atoms with Gasteiger partial charge in [-0.2, -0.15) is 0 Å². The highest BCUT2D eigenvalue weighted by Crippen LogP contribution is 2.22. The maximum Gasteiger partial charge on any atom is 0.272 e. The monoisotopic (exact) mass is 327 g/mol. The number of phenols is 1. The third-order valence-electron chi connectivity index (χ3n) is 3.37. The van der Waals surface area contributed by atoms with Crippen LogP contribution >= 0.6 is 0 Å². The van der Waals surface area contributed by atoms with Gasteiger partial charge in [0.05, 0.1) is 0 Å². The second kappa shape index (κ2) is 7.30. The summed E-state index contributed by atoms with van der Waals surface area (Å²) in [6.07, 6.45) is 0. The molecule has 0 spiro atoms. The van der Waals surface area contributed by atoms with Crippen LogP contribution in [0, 0.1) is 0 Å². The summed E-state index contributed by atoms with van der Waals surface area (Å²) < 4.78 is 0. The number of aromatic hydroxyl groups is 1. The standard InChI is InChI=1S/C17H17N3O4/c1-10(18)15(17(23)20-24)19-16(22)13-4-2-11(3-5-13)12-6-8-14(21)9-7-12/h2-9,15,21,24H,1,18H2,(H,19,22)(H,20,23)/t15-/m0/s1. The Hall–Kier alpha value is -3.32. The molecule has 0 saturated heterocycles. The Labute approximate surface area is 138 Å². The van der Waals surface area contributed by atoms with E-state index >= 15 is 0 Å². The SMILES string of the molecule is C=C(N)[C@H](NC(=O)c1ccc(-c2ccc(O)cc2)cc1)C(=O)NO. The zero-order valence-electron chi connectivity index (χ0n) is 12.7. The van der Waals surface area contributed by atoms with Gasteiger partial charge in [-0.05, 0) is 35.4 Å². The van der Waals surface area contributed by atoms with Gasteiger partial charge in [-0.1, -0.05) is 30.8 Å². The molecule has 0 aliphatic rings. The maximum absolute atomic E-state index is 12.2. The molecular weight excluding hydrogens is 310 g/mol. The molecule has 124 valence electrons. The van der Waals surface area contributed by atoms with E-state index in [-0.39, 0.29) is 11.4 Å². The molecule has 0 radical (unpaired) electrons. The normalized spacial score (nSPS) is 11.4. The van der Waals surface area contributed by atoms with E-state index in [0.717, 1.165) is 11.1 Å². The van der Waals surface area contributed by atoms with Gasteiger partial charge < -0.3 is 16.2 Å². The summed E-state index contributed by atoms with van der Waals surface area (Å²) in [6.45, 7) is 3.40. The van der Waals surface area contributed by atoms with E-state index in [1.54, 1.807) is 48.5 Å². The van der Waals surface area contributed by atoms with Crippen LogP contribution in [0.1, 0.15) is 10.4 Å². The summed E-state index contributed by atoms with van der Waals surface area (Å²) in [4.78, 5) is 23.6. The number of nitrogens with one attached hydrogen (secondary N) is 2. The number of rotatable bonds is 5. The Morgan fingerprint density at radius 3 is 1.96 bits per heavy atom. The van der Waals surface area contributed by atoms with Crippen LogP contribution in [0.5, 0.6) is 5.75 Å². The van der Waals surface area contributed by atoms with E-state index in [0.29, 0.717) is 5.56 Å². The molecule has 2 amide bonds. The van der Waals surface area contributed by atoms with Crippen molar-refractivity contribution in [1.82, 2.24) is 10.8 Å². The van der Waals surface area contributed by atoms with Crippen molar-refractivity contribution in [3.05, 3.63) is 66.4 Å². The first-order chi connectivity index (χ1) is 11.4. The number of carbonyl (C=O) groups excluding carboxylic acids is 2. The number of carbonyl (C=O) groups is 2. The lowest BCUT2D eigenvalue weighted by Crippen LogP contribution is -2.48. The van der Waals surface area contributed by atoms with Crippen molar-refractivity contribution >= 4 is 11.8 Å². The molecule has 0 aromatic heterocycles. The average Bonchev–Trinajstić information content (AvgIpc) is 2.59. The Bertz CT molecular complexity index is 754. The summed E-state index contributed by atoms with van der Waals surface area (Å²) in [7, 11) is 0. The molecule has 6 N–H and O–H groups in total. The highest BCUT2D eigenvalue weighted by atomic mass is 16.5. The van der Waals surface area contributed by atoms with Gasteiger partial charge >= 0.3 is 0 Å². The zero-order valence-corrected chi connectivity index (χ0v) is 12.7. The number of hydrogen-bond donors (Lipinski definition) is 5. The van der Waals surface area contributed by atoms with Crippen molar-refractivity contribution in [3.8, 4) is 16.9 Å². The first kappa shape index (κ1) is 17.0. The molecule has 1 atom stereocenters. The van der Waals surface area contributed by atoms with Crippen LogP contribution in [0.15, 0.2) is 60.8 Å². The fourth-order valence-corrected chi connectivity index (χ4v) is 2.07. The topological polar surface area (TPSA) is 125 Å². The van der Waals surface area contributed by atoms with Crippen LogP contribution in [0.2, 0.25) is 0 Å². The molecule has 2 aromatic carbocycles. The van der Waals surface area contributed by atoms with Gasteiger partial charge in [0, 0.05) is 11.3 Å². The van der Waals surface area contributed by atoms with Crippen LogP contribution in [0.4, 0.5) is 0 Å². The molecule has 0 bridgehead atoms. The minimum absolute atomic E-state index is 0.101. The third kappa shape index (κ3) is 3.90. The fourth-order valence-electron chi connectivity index (χ4n) is 2.07. The molecule has 2 rings (SSSR count). The lowest BCUT2D eigenvalue weighted by molar-refractivity contribution is -0.130. The minimum atomic E-state index is -1.24. The Morgan fingerprint density at radius 1 is 1.00 bits per heavy atom. The highest BCUT2D eigenvalue weighted by molar-refractivity contribution is 5.98. The van der Waals surface area contributed by atoms with E-state index in [9.17, 15) is 14.7 Å². The molecule has 0 heterocycles. The van der Waals surface area contributed by atoms with E-state index in [2.05, 4.69) is 11.9 Å². The molecule has 2 aromatic rings. The van der Waals surface area contributed by atoms with Gasteiger partial charge in [0.1, 0.15) is 11.8 Å². The lowest BCUT2D eigenvalue weighted by atomic mass is 10.0. The van der Waals surface area contributed by atoms with E-state index in [4.69, 9.17) is 10.9 Å². The second-order valence-corrected chi connectivity index (χ2v) is 5.08. The number of phenolic OH excluding ortho intramolecular Hbond substituents is 1. The molecule has 0 fully saturated rings. The summed E-state index contributed by atoms with van der Waals surface area (Å²) in [6, 6.07) is 12.1. The average molecular weight is 327 g/mol. The molecular formula is C17H17N3O4. The quantitative estimate of drug-likeness (QED) is 0.416. The van der Waals surface area contributed by atoms with Crippen LogP contribution in [0.25, 0.3) is 11.1 Å². The predicted octanol–water partition coefficient (Wildman–Crippen LogP) is 1.14. The molecule has 7 heteroatoms. The van der Waals surface area contributed by atoms with E-state index < -0.39 is 17.9 Å². The number of benzene rings is 2. The Morgan fingerprint density at radius 2 is 1.50 bits per heavy atom. The van der Waals surface area contributed by atoms with Crippen molar-refractivity contribution in [2.24, 2.45) is 5.73 Å². The molecule has 0 aliphatic heterocycles. The largest absolute Gasteiger partial charge is 0.508 e. The van der Waals surface area contributed by atoms with Crippen molar-refractivity contribution < 1.29 is 19.9 Å². The molecule has 0 aliphatic carbocycles. The summed E-state index contributed by atoms with van der Waals surface area (Å²) >= 11 is 0. The van der Waals surface area contributed by atoms with Crippen molar-refractivity contribution in [1.29, 1.82) is 0 Å². The van der Waals surface area contributed by atoms with Crippen molar-refractivity contribution in [3.63, 3.8) is 0 Å². The number of amides is 2. The minimum Gasteiger partial charge on any atom is -0.508 e. The molecule has 0 unspecified atom stereocenters. The smallest absolute Gasteiger partial charge is 0.272 e. The van der Waals surface area contributed by atoms with Gasteiger partial charge in [0.25, 0.3) is 11.8 Å². The van der Waals surface area contributed by atoms with Gasteiger partial charge in [-0.15, -0.1) is 0 Å². The van der Waals surface area contributed by atoms with E-state index in [1.807, 2.05) is 0 Å². The highest BCUT2D eigenvalue weighted by Gasteiger charge is 2.22. The number of nitrogens with two attached hydrogens (primary N) is 1. The molecule has 0 saturated carbocycles. The summed E-state index contributed by atoms with van der Waals surface area (Å²) in [5, 5.41) is 20.3. The van der Waals surface area contributed by atoms with Crippen LogP contribution in [-0.4, -0.2) is 28.2 Å². The van der Waals surface area contributed by atoms with Crippen molar-refractivity contribution in [2.45, 2.75) is 6.04 Å².